The standard InChI is InChI=1S/C11H20N2O2/c1-8(2)13(7-5-6-12)10(4)9(3)11(14)15/h8-10H,5,7H2,1-4H3,(H,14,15). The maximum Gasteiger partial charge on any atom is 0.307 e. The number of carboxylic acid groups (broad SMARTS) is 1. The number of nitriles is 1. The molecule has 2 atom stereocenters. The number of nitrogens with zero attached hydrogens (tertiary/aromatic N) is 2. The predicted molar refractivity (Wildman–Crippen MR) is 58.3 cm³/mol. The summed E-state index contributed by atoms with van der Waals surface area (Å²) in [5, 5.41) is 17.5. The van der Waals surface area contributed by atoms with E-state index >= 15 is 0 Å². The Kier molecular flexibility index (Phi) is 5.95. The molecule has 86 valence electrons. The summed E-state index contributed by atoms with van der Waals surface area (Å²) in [6.45, 7) is 8.27. The van der Waals surface area contributed by atoms with Crippen molar-refractivity contribution in [1.82, 2.24) is 4.90 Å². The van der Waals surface area contributed by atoms with E-state index in [4.69, 9.17) is 10.4 Å². The Morgan fingerprint density at radius 3 is 2.27 bits per heavy atom. The molecule has 0 aromatic rings. The molecule has 0 radical (unpaired) electrons. The van der Waals surface area contributed by atoms with E-state index in [1.165, 1.54) is 0 Å². The monoisotopic (exact) mass is 212 g/mol. The summed E-state index contributed by atoms with van der Waals surface area (Å²) in [4.78, 5) is 12.9. The molecule has 4 nitrogen and oxygen atoms in total. The zero-order valence-corrected chi connectivity index (χ0v) is 9.90. The minimum Gasteiger partial charge on any atom is -0.481 e. The summed E-state index contributed by atoms with van der Waals surface area (Å²) < 4.78 is 0. The van der Waals surface area contributed by atoms with E-state index in [-0.39, 0.29) is 12.1 Å². The number of rotatable bonds is 6. The van der Waals surface area contributed by atoms with Gasteiger partial charge in [-0.3, -0.25) is 9.69 Å². The van der Waals surface area contributed by atoms with E-state index in [0.717, 1.165) is 0 Å². The van der Waals surface area contributed by atoms with Crippen LogP contribution in [0.15, 0.2) is 0 Å². The zero-order valence-electron chi connectivity index (χ0n) is 9.90. The van der Waals surface area contributed by atoms with Crippen molar-refractivity contribution in [2.45, 2.75) is 46.2 Å². The van der Waals surface area contributed by atoms with Crippen molar-refractivity contribution in [2.75, 3.05) is 6.54 Å². The van der Waals surface area contributed by atoms with Gasteiger partial charge in [-0.1, -0.05) is 6.92 Å². The van der Waals surface area contributed by atoms with E-state index in [0.29, 0.717) is 13.0 Å². The number of carboxylic acids is 1. The van der Waals surface area contributed by atoms with Crippen LogP contribution in [0.4, 0.5) is 0 Å². The molecule has 0 rings (SSSR count). The number of carbonyl (C=O) groups is 1. The first-order chi connectivity index (χ1) is 6.91. The third-order valence-electron chi connectivity index (χ3n) is 2.78. The first-order valence-electron chi connectivity index (χ1n) is 5.27. The van der Waals surface area contributed by atoms with Crippen LogP contribution in [0.5, 0.6) is 0 Å². The van der Waals surface area contributed by atoms with Crippen LogP contribution in [0.2, 0.25) is 0 Å². The van der Waals surface area contributed by atoms with Gasteiger partial charge in [0.1, 0.15) is 0 Å². The van der Waals surface area contributed by atoms with Crippen molar-refractivity contribution in [1.29, 1.82) is 5.26 Å². The fourth-order valence-corrected chi connectivity index (χ4v) is 1.60. The molecule has 15 heavy (non-hydrogen) atoms. The summed E-state index contributed by atoms with van der Waals surface area (Å²) in [5.74, 6) is -1.20. The molecule has 0 aliphatic heterocycles. The molecule has 0 amide bonds. The fraction of sp³-hybridized carbons (Fsp3) is 0.818. The van der Waals surface area contributed by atoms with Crippen molar-refractivity contribution in [2.24, 2.45) is 5.92 Å². The quantitative estimate of drug-likeness (QED) is 0.728. The van der Waals surface area contributed by atoms with Gasteiger partial charge < -0.3 is 5.11 Å². The van der Waals surface area contributed by atoms with Crippen LogP contribution in [-0.4, -0.2) is 34.6 Å². The summed E-state index contributed by atoms with van der Waals surface area (Å²) in [6, 6.07) is 2.30. The van der Waals surface area contributed by atoms with Crippen LogP contribution < -0.4 is 0 Å². The lowest BCUT2D eigenvalue weighted by Crippen LogP contribution is -2.44. The molecule has 2 unspecified atom stereocenters. The maximum absolute atomic E-state index is 10.8. The molecule has 0 saturated carbocycles. The Morgan fingerprint density at radius 2 is 1.93 bits per heavy atom. The molecule has 1 N–H and O–H groups in total. The van der Waals surface area contributed by atoms with Crippen LogP contribution in [0.1, 0.15) is 34.1 Å². The number of aliphatic carboxylic acids is 1. The fourth-order valence-electron chi connectivity index (χ4n) is 1.60. The van der Waals surface area contributed by atoms with Crippen molar-refractivity contribution in [3.63, 3.8) is 0 Å². The van der Waals surface area contributed by atoms with E-state index in [1.54, 1.807) is 6.92 Å². The van der Waals surface area contributed by atoms with E-state index < -0.39 is 11.9 Å². The smallest absolute Gasteiger partial charge is 0.307 e. The van der Waals surface area contributed by atoms with E-state index in [2.05, 4.69) is 11.0 Å². The SMILES string of the molecule is CC(C(=O)O)C(C)N(CCC#N)C(C)C. The lowest BCUT2D eigenvalue weighted by atomic mass is 10.0. The first kappa shape index (κ1) is 13.9. The van der Waals surface area contributed by atoms with Crippen LogP contribution in [-0.2, 0) is 4.79 Å². The molecule has 4 heteroatoms. The van der Waals surface area contributed by atoms with Gasteiger partial charge in [-0.05, 0) is 20.8 Å². The minimum absolute atomic E-state index is 0.0455. The predicted octanol–water partition coefficient (Wildman–Crippen LogP) is 1.72. The van der Waals surface area contributed by atoms with Gasteiger partial charge in [0.2, 0.25) is 0 Å². The lowest BCUT2D eigenvalue weighted by Gasteiger charge is -2.34. The molecular formula is C11H20N2O2. The number of hydrogen-bond donors (Lipinski definition) is 1. The highest BCUT2D eigenvalue weighted by Crippen LogP contribution is 2.14. The topological polar surface area (TPSA) is 64.3 Å². The molecule has 0 aromatic heterocycles. The van der Waals surface area contributed by atoms with Crippen LogP contribution in [0, 0.1) is 17.2 Å². The van der Waals surface area contributed by atoms with Crippen molar-refractivity contribution in [3.8, 4) is 6.07 Å². The highest BCUT2D eigenvalue weighted by Gasteiger charge is 2.26. The Morgan fingerprint density at radius 1 is 1.40 bits per heavy atom. The third-order valence-corrected chi connectivity index (χ3v) is 2.78. The molecule has 0 heterocycles. The second-order valence-corrected chi connectivity index (χ2v) is 4.11. The summed E-state index contributed by atoms with van der Waals surface area (Å²) in [5.41, 5.74) is 0. The Bertz CT molecular complexity index is 245. The molecule has 0 spiro atoms. The van der Waals surface area contributed by atoms with Crippen molar-refractivity contribution < 1.29 is 9.90 Å². The normalized spacial score (nSPS) is 15.0. The van der Waals surface area contributed by atoms with E-state index in [9.17, 15) is 4.79 Å². The largest absolute Gasteiger partial charge is 0.481 e. The molecular weight excluding hydrogens is 192 g/mol. The molecule has 0 aliphatic carbocycles. The Balaban J connectivity index is 4.48. The van der Waals surface area contributed by atoms with Gasteiger partial charge in [-0.15, -0.1) is 0 Å². The highest BCUT2D eigenvalue weighted by molar-refractivity contribution is 5.70. The summed E-state index contributed by atoms with van der Waals surface area (Å²) >= 11 is 0. The van der Waals surface area contributed by atoms with Gasteiger partial charge in [0.05, 0.1) is 12.0 Å². The van der Waals surface area contributed by atoms with Gasteiger partial charge in [0.25, 0.3) is 0 Å². The third kappa shape index (κ3) is 4.30. The van der Waals surface area contributed by atoms with Crippen LogP contribution in [0.25, 0.3) is 0 Å². The van der Waals surface area contributed by atoms with Crippen LogP contribution >= 0.6 is 0 Å². The first-order valence-corrected chi connectivity index (χ1v) is 5.27. The van der Waals surface area contributed by atoms with Gasteiger partial charge >= 0.3 is 5.97 Å². The summed E-state index contributed by atoms with van der Waals surface area (Å²) in [7, 11) is 0. The molecule has 0 aliphatic rings. The molecule has 0 fully saturated rings. The second kappa shape index (κ2) is 6.41. The van der Waals surface area contributed by atoms with Gasteiger partial charge in [-0.25, -0.2) is 0 Å². The molecule has 0 bridgehead atoms. The summed E-state index contributed by atoms with van der Waals surface area (Å²) in [6.07, 6.45) is 0.439. The average molecular weight is 212 g/mol. The zero-order chi connectivity index (χ0) is 12.0. The Labute approximate surface area is 91.5 Å². The van der Waals surface area contributed by atoms with Crippen LogP contribution in [0.3, 0.4) is 0 Å². The average Bonchev–Trinajstić information content (AvgIpc) is 2.16. The van der Waals surface area contributed by atoms with Gasteiger partial charge in [-0.2, -0.15) is 5.26 Å². The maximum atomic E-state index is 10.8. The second-order valence-electron chi connectivity index (χ2n) is 4.11. The van der Waals surface area contributed by atoms with Crippen molar-refractivity contribution in [3.05, 3.63) is 0 Å². The minimum atomic E-state index is -0.787. The van der Waals surface area contributed by atoms with E-state index in [1.807, 2.05) is 20.8 Å². The van der Waals surface area contributed by atoms with Gasteiger partial charge in [0, 0.05) is 25.0 Å². The molecule has 0 aromatic carbocycles. The van der Waals surface area contributed by atoms with Crippen molar-refractivity contribution >= 4 is 5.97 Å². The Hall–Kier alpha value is -1.08. The molecule has 0 saturated heterocycles. The lowest BCUT2D eigenvalue weighted by molar-refractivity contribution is -0.143. The number of hydrogen-bond acceptors (Lipinski definition) is 3. The highest BCUT2D eigenvalue weighted by atomic mass is 16.4. The van der Waals surface area contributed by atoms with Gasteiger partial charge in [0.15, 0.2) is 0 Å².